The number of nitrogens with one attached hydrogen (secondary N) is 1. The minimum atomic E-state index is 0.466. The van der Waals surface area contributed by atoms with Gasteiger partial charge >= 0.3 is 0 Å². The summed E-state index contributed by atoms with van der Waals surface area (Å²) in [6, 6.07) is 2.61. The quantitative estimate of drug-likeness (QED) is 0.759. The molecule has 0 amide bonds. The highest BCUT2D eigenvalue weighted by molar-refractivity contribution is 6.17. The van der Waals surface area contributed by atoms with Crippen LogP contribution in [0.25, 0.3) is 0 Å². The van der Waals surface area contributed by atoms with Crippen LogP contribution in [0.1, 0.15) is 24.5 Å². The lowest BCUT2D eigenvalue weighted by Gasteiger charge is -2.11. The number of alkyl halides is 1. The number of pyridine rings is 1. The lowest BCUT2D eigenvalue weighted by atomic mass is 10.2. The molecule has 1 N–H and O–H groups in total. The van der Waals surface area contributed by atoms with Crippen molar-refractivity contribution in [2.75, 3.05) is 5.88 Å². The molecule has 0 aromatic carbocycles. The lowest BCUT2D eigenvalue weighted by Crippen LogP contribution is -2.25. The predicted molar refractivity (Wildman–Crippen MR) is 60.6 cm³/mol. The fourth-order valence-electron chi connectivity index (χ4n) is 1.27. The molecule has 0 saturated heterocycles. The molecule has 0 aliphatic carbocycles. The van der Waals surface area contributed by atoms with Crippen LogP contribution in [0.4, 0.5) is 0 Å². The first-order valence-electron chi connectivity index (χ1n) is 4.92. The second-order valence-electron chi connectivity index (χ2n) is 3.63. The van der Waals surface area contributed by atoms with Crippen LogP contribution in [0.5, 0.6) is 0 Å². The zero-order valence-corrected chi connectivity index (χ0v) is 9.51. The van der Waals surface area contributed by atoms with E-state index in [-0.39, 0.29) is 0 Å². The maximum atomic E-state index is 5.65. The number of aromatic nitrogens is 1. The molecule has 1 aromatic rings. The average molecular weight is 213 g/mol. The molecular formula is C11H17ClN2. The summed E-state index contributed by atoms with van der Waals surface area (Å²) in [7, 11) is 0. The van der Waals surface area contributed by atoms with E-state index in [9.17, 15) is 0 Å². The van der Waals surface area contributed by atoms with E-state index in [1.165, 1.54) is 11.1 Å². The van der Waals surface area contributed by atoms with E-state index in [1.54, 1.807) is 0 Å². The number of nitrogens with zero attached hydrogens (tertiary/aromatic N) is 1. The van der Waals surface area contributed by atoms with Gasteiger partial charge in [0, 0.05) is 30.9 Å². The largest absolute Gasteiger partial charge is 0.310 e. The first-order valence-corrected chi connectivity index (χ1v) is 5.45. The molecule has 0 saturated carbocycles. The molecular weight excluding hydrogens is 196 g/mol. The van der Waals surface area contributed by atoms with Crippen molar-refractivity contribution in [3.8, 4) is 0 Å². The van der Waals surface area contributed by atoms with E-state index in [4.69, 9.17) is 11.6 Å². The zero-order chi connectivity index (χ0) is 10.4. The average Bonchev–Trinajstić information content (AvgIpc) is 2.15. The number of rotatable bonds is 5. The van der Waals surface area contributed by atoms with Gasteiger partial charge in [-0.1, -0.05) is 6.07 Å². The van der Waals surface area contributed by atoms with Crippen LogP contribution < -0.4 is 5.32 Å². The van der Waals surface area contributed by atoms with Crippen molar-refractivity contribution in [1.29, 1.82) is 0 Å². The number of halogens is 1. The first-order chi connectivity index (χ1) is 6.72. The standard InChI is InChI=1S/C11H17ClN2/c1-9-5-11(7-13-6-9)8-14-10(2)3-4-12/h5-7,10,14H,3-4,8H2,1-2H3. The van der Waals surface area contributed by atoms with Crippen LogP contribution in [-0.2, 0) is 6.54 Å². The summed E-state index contributed by atoms with van der Waals surface area (Å²) >= 11 is 5.65. The molecule has 0 aliphatic rings. The van der Waals surface area contributed by atoms with Gasteiger partial charge in [-0.25, -0.2) is 0 Å². The molecule has 0 aliphatic heterocycles. The van der Waals surface area contributed by atoms with Gasteiger partial charge in [-0.2, -0.15) is 0 Å². The summed E-state index contributed by atoms with van der Waals surface area (Å²) < 4.78 is 0. The zero-order valence-electron chi connectivity index (χ0n) is 8.76. The van der Waals surface area contributed by atoms with Gasteiger partial charge in [0.15, 0.2) is 0 Å². The third kappa shape index (κ3) is 4.07. The second-order valence-corrected chi connectivity index (χ2v) is 4.01. The van der Waals surface area contributed by atoms with E-state index >= 15 is 0 Å². The Morgan fingerprint density at radius 3 is 2.93 bits per heavy atom. The summed E-state index contributed by atoms with van der Waals surface area (Å²) in [5.74, 6) is 0.709. The smallest absolute Gasteiger partial charge is 0.0313 e. The van der Waals surface area contributed by atoms with Gasteiger partial charge in [0.05, 0.1) is 0 Å². The fourth-order valence-corrected chi connectivity index (χ4v) is 1.60. The summed E-state index contributed by atoms with van der Waals surface area (Å²) in [4.78, 5) is 4.14. The van der Waals surface area contributed by atoms with Gasteiger partial charge in [-0.05, 0) is 31.4 Å². The molecule has 0 bridgehead atoms. The van der Waals surface area contributed by atoms with Crippen molar-refractivity contribution in [3.05, 3.63) is 29.6 Å². The maximum Gasteiger partial charge on any atom is 0.0313 e. The van der Waals surface area contributed by atoms with Gasteiger partial charge in [0.25, 0.3) is 0 Å². The molecule has 0 radical (unpaired) electrons. The Morgan fingerprint density at radius 2 is 2.29 bits per heavy atom. The minimum Gasteiger partial charge on any atom is -0.310 e. The monoisotopic (exact) mass is 212 g/mol. The molecule has 3 heteroatoms. The van der Waals surface area contributed by atoms with Gasteiger partial charge in [0.1, 0.15) is 0 Å². The molecule has 0 spiro atoms. The highest BCUT2D eigenvalue weighted by Crippen LogP contribution is 2.02. The van der Waals surface area contributed by atoms with Crippen LogP contribution >= 0.6 is 11.6 Å². The van der Waals surface area contributed by atoms with Crippen molar-refractivity contribution >= 4 is 11.6 Å². The molecule has 0 fully saturated rings. The Kier molecular flexibility index (Phi) is 4.91. The molecule has 1 heterocycles. The molecule has 1 atom stereocenters. The highest BCUT2D eigenvalue weighted by atomic mass is 35.5. The number of hydrogen-bond donors (Lipinski definition) is 1. The van der Waals surface area contributed by atoms with Crippen LogP contribution in [0, 0.1) is 6.92 Å². The number of aryl methyl sites for hydroxylation is 1. The van der Waals surface area contributed by atoms with E-state index in [1.807, 2.05) is 12.4 Å². The van der Waals surface area contributed by atoms with Gasteiger partial charge in [0.2, 0.25) is 0 Å². The summed E-state index contributed by atoms with van der Waals surface area (Å²) in [6.07, 6.45) is 4.76. The van der Waals surface area contributed by atoms with Crippen LogP contribution in [0.3, 0.4) is 0 Å². The Balaban J connectivity index is 2.37. The Morgan fingerprint density at radius 1 is 1.50 bits per heavy atom. The molecule has 1 rings (SSSR count). The second kappa shape index (κ2) is 5.99. The lowest BCUT2D eigenvalue weighted by molar-refractivity contribution is 0.535. The van der Waals surface area contributed by atoms with E-state index in [0.29, 0.717) is 11.9 Å². The van der Waals surface area contributed by atoms with Crippen molar-refractivity contribution in [2.24, 2.45) is 0 Å². The van der Waals surface area contributed by atoms with Crippen molar-refractivity contribution in [3.63, 3.8) is 0 Å². The third-order valence-electron chi connectivity index (χ3n) is 2.13. The van der Waals surface area contributed by atoms with Gasteiger partial charge in [-0.15, -0.1) is 11.6 Å². The topological polar surface area (TPSA) is 24.9 Å². The summed E-state index contributed by atoms with van der Waals surface area (Å²) in [5.41, 5.74) is 2.43. The van der Waals surface area contributed by atoms with Crippen LogP contribution in [-0.4, -0.2) is 16.9 Å². The van der Waals surface area contributed by atoms with E-state index < -0.39 is 0 Å². The third-order valence-corrected chi connectivity index (χ3v) is 2.35. The highest BCUT2D eigenvalue weighted by Gasteiger charge is 2.00. The van der Waals surface area contributed by atoms with E-state index in [0.717, 1.165) is 13.0 Å². The van der Waals surface area contributed by atoms with Crippen molar-refractivity contribution in [2.45, 2.75) is 32.9 Å². The molecule has 78 valence electrons. The summed E-state index contributed by atoms with van der Waals surface area (Å²) in [6.45, 7) is 5.07. The SMILES string of the molecule is Cc1cncc(CNC(C)CCCl)c1. The van der Waals surface area contributed by atoms with E-state index in [2.05, 4.69) is 30.2 Å². The normalized spacial score (nSPS) is 12.8. The molecule has 1 unspecified atom stereocenters. The van der Waals surface area contributed by atoms with Gasteiger partial charge < -0.3 is 5.32 Å². The maximum absolute atomic E-state index is 5.65. The Labute approximate surface area is 90.7 Å². The first kappa shape index (κ1) is 11.5. The minimum absolute atomic E-state index is 0.466. The number of hydrogen-bond acceptors (Lipinski definition) is 2. The molecule has 14 heavy (non-hydrogen) atoms. The molecule has 1 aromatic heterocycles. The predicted octanol–water partition coefficient (Wildman–Crippen LogP) is 2.50. The Hall–Kier alpha value is -0.600. The van der Waals surface area contributed by atoms with Crippen LogP contribution in [0.2, 0.25) is 0 Å². The molecule has 2 nitrogen and oxygen atoms in total. The summed E-state index contributed by atoms with van der Waals surface area (Å²) in [5, 5.41) is 3.40. The van der Waals surface area contributed by atoms with Gasteiger partial charge in [-0.3, -0.25) is 4.98 Å². The van der Waals surface area contributed by atoms with Crippen molar-refractivity contribution < 1.29 is 0 Å². The van der Waals surface area contributed by atoms with Crippen molar-refractivity contribution in [1.82, 2.24) is 10.3 Å². The fraction of sp³-hybridized carbons (Fsp3) is 0.545. The Bertz CT molecular complexity index is 276. The van der Waals surface area contributed by atoms with Crippen LogP contribution in [0.15, 0.2) is 18.5 Å².